The van der Waals surface area contributed by atoms with E-state index in [0.717, 1.165) is 19.5 Å². The van der Waals surface area contributed by atoms with Crippen molar-refractivity contribution in [2.75, 3.05) is 25.0 Å². The highest BCUT2D eigenvalue weighted by Gasteiger charge is 2.23. The van der Waals surface area contributed by atoms with E-state index in [1.54, 1.807) is 0 Å². The number of hydrogen-bond acceptors (Lipinski definition) is 3. The third-order valence-corrected chi connectivity index (χ3v) is 3.65. The average Bonchev–Trinajstić information content (AvgIpc) is 2.31. The Hall–Kier alpha value is -1.17. The number of hydrogen-bond donors (Lipinski definition) is 2. The largest absolute Gasteiger partial charge is 0.327 e. The van der Waals surface area contributed by atoms with Crippen molar-refractivity contribution >= 4 is 23.2 Å². The summed E-state index contributed by atoms with van der Waals surface area (Å²) in [6.07, 6.45) is 0.988. The van der Waals surface area contributed by atoms with Gasteiger partial charge in [0, 0.05) is 19.1 Å². The molecular weight excluding hydrogens is 281 g/mol. The third-order valence-electron chi connectivity index (χ3n) is 3.34. The van der Waals surface area contributed by atoms with Crippen LogP contribution in [0, 0.1) is 11.7 Å². The Morgan fingerprint density at radius 1 is 1.55 bits per heavy atom. The second-order valence-corrected chi connectivity index (χ2v) is 5.87. The molecule has 1 aliphatic heterocycles. The van der Waals surface area contributed by atoms with E-state index >= 15 is 0 Å². The molecule has 0 spiro atoms. The maximum atomic E-state index is 12.9. The predicted octanol–water partition coefficient (Wildman–Crippen LogP) is 2.09. The van der Waals surface area contributed by atoms with Gasteiger partial charge in [-0.2, -0.15) is 0 Å². The number of rotatable bonds is 3. The molecule has 2 rings (SSSR count). The number of carbonyl (C=O) groups is 1. The molecule has 1 fully saturated rings. The number of nitrogens with one attached hydrogen (secondary N) is 1. The van der Waals surface area contributed by atoms with E-state index in [0.29, 0.717) is 11.6 Å². The molecule has 1 heterocycles. The van der Waals surface area contributed by atoms with Crippen LogP contribution in [0.15, 0.2) is 18.2 Å². The van der Waals surface area contributed by atoms with E-state index in [1.807, 2.05) is 4.90 Å². The van der Waals surface area contributed by atoms with Crippen LogP contribution >= 0.6 is 11.6 Å². The van der Waals surface area contributed by atoms with E-state index in [-0.39, 0.29) is 23.5 Å². The number of nitrogens with zero attached hydrogens (tertiary/aromatic N) is 1. The van der Waals surface area contributed by atoms with Crippen LogP contribution in [0.1, 0.15) is 13.3 Å². The van der Waals surface area contributed by atoms with Crippen molar-refractivity contribution in [3.05, 3.63) is 29.0 Å². The van der Waals surface area contributed by atoms with E-state index in [4.69, 9.17) is 17.3 Å². The molecule has 1 saturated heterocycles. The smallest absolute Gasteiger partial charge is 0.238 e. The molecule has 0 aromatic heterocycles. The fourth-order valence-electron chi connectivity index (χ4n) is 2.63. The number of halogens is 2. The fourth-order valence-corrected chi connectivity index (χ4v) is 2.84. The summed E-state index contributed by atoms with van der Waals surface area (Å²) < 4.78 is 12.9. The highest BCUT2D eigenvalue weighted by Crippen LogP contribution is 2.22. The Bertz CT molecular complexity index is 487. The monoisotopic (exact) mass is 299 g/mol. The van der Waals surface area contributed by atoms with Gasteiger partial charge < -0.3 is 11.1 Å². The summed E-state index contributed by atoms with van der Waals surface area (Å²) in [7, 11) is 0. The van der Waals surface area contributed by atoms with Crippen molar-refractivity contribution in [1.29, 1.82) is 0 Å². The molecule has 0 bridgehead atoms. The molecule has 2 unspecified atom stereocenters. The van der Waals surface area contributed by atoms with Crippen molar-refractivity contribution in [2.24, 2.45) is 11.7 Å². The maximum Gasteiger partial charge on any atom is 0.238 e. The summed E-state index contributed by atoms with van der Waals surface area (Å²) >= 11 is 5.87. The Morgan fingerprint density at radius 2 is 2.30 bits per heavy atom. The lowest BCUT2D eigenvalue weighted by Crippen LogP contribution is -2.48. The Morgan fingerprint density at radius 3 is 2.95 bits per heavy atom. The molecule has 2 atom stereocenters. The van der Waals surface area contributed by atoms with Crippen molar-refractivity contribution in [1.82, 2.24) is 4.90 Å². The van der Waals surface area contributed by atoms with Crippen molar-refractivity contribution in [3.63, 3.8) is 0 Å². The molecule has 3 N–H and O–H groups in total. The van der Waals surface area contributed by atoms with Crippen LogP contribution in [0.3, 0.4) is 0 Å². The predicted molar refractivity (Wildman–Crippen MR) is 78.2 cm³/mol. The first-order valence-corrected chi connectivity index (χ1v) is 7.04. The lowest BCUT2D eigenvalue weighted by Gasteiger charge is -2.34. The van der Waals surface area contributed by atoms with Crippen LogP contribution in [0.2, 0.25) is 5.02 Å². The third kappa shape index (κ3) is 4.16. The summed E-state index contributed by atoms with van der Waals surface area (Å²) in [5.74, 6) is -0.107. The minimum Gasteiger partial charge on any atom is -0.327 e. The standard InChI is InChI=1S/C14H19ClFN3O/c1-9-4-11(17)7-19(6-9)8-14(20)18-13-3-2-10(16)5-12(13)15/h2-3,5,9,11H,4,6-8,17H2,1H3,(H,18,20). The van der Waals surface area contributed by atoms with Gasteiger partial charge in [0.1, 0.15) is 5.82 Å². The van der Waals surface area contributed by atoms with Gasteiger partial charge in [0.25, 0.3) is 0 Å². The van der Waals surface area contributed by atoms with Gasteiger partial charge in [0.15, 0.2) is 0 Å². The minimum absolute atomic E-state index is 0.112. The minimum atomic E-state index is -0.427. The number of amides is 1. The van der Waals surface area contributed by atoms with Gasteiger partial charge in [0.05, 0.1) is 17.3 Å². The van der Waals surface area contributed by atoms with Crippen LogP contribution in [-0.2, 0) is 4.79 Å². The summed E-state index contributed by atoms with van der Waals surface area (Å²) in [5.41, 5.74) is 6.37. The average molecular weight is 300 g/mol. The van der Waals surface area contributed by atoms with Crippen LogP contribution in [-0.4, -0.2) is 36.5 Å². The Labute approximate surface area is 123 Å². The van der Waals surface area contributed by atoms with Crippen LogP contribution in [0.25, 0.3) is 0 Å². The van der Waals surface area contributed by atoms with Crippen LogP contribution in [0.4, 0.5) is 10.1 Å². The number of anilines is 1. The molecule has 110 valence electrons. The van der Waals surface area contributed by atoms with Crippen molar-refractivity contribution < 1.29 is 9.18 Å². The maximum absolute atomic E-state index is 12.9. The molecule has 0 radical (unpaired) electrons. The normalized spacial score (nSPS) is 23.6. The van der Waals surface area contributed by atoms with E-state index < -0.39 is 5.82 Å². The highest BCUT2D eigenvalue weighted by atomic mass is 35.5. The molecule has 1 aromatic carbocycles. The lowest BCUT2D eigenvalue weighted by molar-refractivity contribution is -0.117. The van der Waals surface area contributed by atoms with Gasteiger partial charge in [-0.3, -0.25) is 9.69 Å². The number of piperidine rings is 1. The lowest BCUT2D eigenvalue weighted by atomic mass is 9.97. The molecule has 0 aliphatic carbocycles. The number of carbonyl (C=O) groups excluding carboxylic acids is 1. The molecule has 4 nitrogen and oxygen atoms in total. The summed E-state index contributed by atoms with van der Waals surface area (Å²) in [6.45, 7) is 3.97. The van der Waals surface area contributed by atoms with Crippen molar-refractivity contribution in [3.8, 4) is 0 Å². The van der Waals surface area contributed by atoms with Gasteiger partial charge in [-0.1, -0.05) is 18.5 Å². The Balaban J connectivity index is 1.92. The SMILES string of the molecule is CC1CC(N)CN(CC(=O)Nc2ccc(F)cc2Cl)C1. The van der Waals surface area contributed by atoms with Gasteiger partial charge in [-0.25, -0.2) is 4.39 Å². The van der Waals surface area contributed by atoms with Gasteiger partial charge in [-0.15, -0.1) is 0 Å². The summed E-state index contributed by atoms with van der Waals surface area (Å²) in [5, 5.41) is 2.89. The van der Waals surface area contributed by atoms with Gasteiger partial charge in [-0.05, 0) is 30.5 Å². The highest BCUT2D eigenvalue weighted by molar-refractivity contribution is 6.33. The second-order valence-electron chi connectivity index (χ2n) is 5.47. The first-order chi connectivity index (χ1) is 9.44. The zero-order valence-corrected chi connectivity index (χ0v) is 12.2. The molecule has 1 aliphatic rings. The number of nitrogens with two attached hydrogens (primary N) is 1. The molecule has 0 saturated carbocycles. The summed E-state index contributed by atoms with van der Waals surface area (Å²) in [4.78, 5) is 14.0. The van der Waals surface area contributed by atoms with Crippen LogP contribution in [0.5, 0.6) is 0 Å². The molecule has 6 heteroatoms. The number of likely N-dealkylation sites (tertiary alicyclic amines) is 1. The second kappa shape index (κ2) is 6.52. The Kier molecular flexibility index (Phi) is 4.96. The van der Waals surface area contributed by atoms with E-state index in [2.05, 4.69) is 12.2 Å². The fraction of sp³-hybridized carbons (Fsp3) is 0.500. The molecule has 20 heavy (non-hydrogen) atoms. The first-order valence-electron chi connectivity index (χ1n) is 6.67. The number of benzene rings is 1. The van der Waals surface area contributed by atoms with Crippen LogP contribution < -0.4 is 11.1 Å². The summed E-state index contributed by atoms with van der Waals surface area (Å²) in [6, 6.07) is 4.01. The van der Waals surface area contributed by atoms with E-state index in [1.165, 1.54) is 18.2 Å². The molecular formula is C14H19ClFN3O. The quantitative estimate of drug-likeness (QED) is 0.898. The van der Waals surface area contributed by atoms with Gasteiger partial charge in [0.2, 0.25) is 5.91 Å². The van der Waals surface area contributed by atoms with Gasteiger partial charge >= 0.3 is 0 Å². The first kappa shape index (κ1) is 15.2. The zero-order valence-electron chi connectivity index (χ0n) is 11.4. The molecule has 1 amide bonds. The molecule has 1 aromatic rings. The van der Waals surface area contributed by atoms with E-state index in [9.17, 15) is 9.18 Å². The topological polar surface area (TPSA) is 58.4 Å². The zero-order chi connectivity index (χ0) is 14.7. The van der Waals surface area contributed by atoms with Crippen molar-refractivity contribution in [2.45, 2.75) is 19.4 Å².